The van der Waals surface area contributed by atoms with Crippen LogP contribution < -0.4 is 0 Å². The summed E-state index contributed by atoms with van der Waals surface area (Å²) in [6, 6.07) is 11.5. The van der Waals surface area contributed by atoms with Gasteiger partial charge in [0.25, 0.3) is 0 Å². The van der Waals surface area contributed by atoms with Gasteiger partial charge in [0.05, 0.1) is 22.3 Å². The van der Waals surface area contributed by atoms with Gasteiger partial charge in [-0.2, -0.15) is 13.2 Å². The Balaban J connectivity index is 1.77. The van der Waals surface area contributed by atoms with Gasteiger partial charge in [0, 0.05) is 33.3 Å². The first-order chi connectivity index (χ1) is 13.5. The minimum absolute atomic E-state index is 0.539. The number of hydrogen-bond acceptors (Lipinski definition) is 5. The Labute approximate surface area is 166 Å². The number of thiazole rings is 1. The normalized spacial score (nSPS) is 12.7. The van der Waals surface area contributed by atoms with Gasteiger partial charge in [-0.25, -0.2) is 4.98 Å². The van der Waals surface area contributed by atoms with E-state index in [9.17, 15) is 13.2 Å². The van der Waals surface area contributed by atoms with Crippen LogP contribution in [0.1, 0.15) is 5.56 Å². The number of aromatic nitrogens is 3. The second-order valence-electron chi connectivity index (χ2n) is 6.09. The van der Waals surface area contributed by atoms with Crippen molar-refractivity contribution >= 4 is 23.1 Å². The van der Waals surface area contributed by atoms with Gasteiger partial charge in [0.1, 0.15) is 10.7 Å². The minimum Gasteiger partial charge on any atom is -0.261 e. The first-order valence-corrected chi connectivity index (χ1v) is 9.90. The van der Waals surface area contributed by atoms with Gasteiger partial charge in [-0.3, -0.25) is 9.97 Å². The second kappa shape index (κ2) is 6.42. The van der Waals surface area contributed by atoms with E-state index in [2.05, 4.69) is 9.97 Å². The molecule has 28 heavy (non-hydrogen) atoms. The van der Waals surface area contributed by atoms with E-state index in [1.807, 2.05) is 24.3 Å². The summed E-state index contributed by atoms with van der Waals surface area (Å²) in [5.74, 6) is 0. The molecule has 2 aromatic carbocycles. The van der Waals surface area contributed by atoms with Crippen LogP contribution in [0.15, 0.2) is 70.8 Å². The molecular formula is C20H10F3N3S2. The predicted molar refractivity (Wildman–Crippen MR) is 103 cm³/mol. The van der Waals surface area contributed by atoms with Crippen LogP contribution in [-0.4, -0.2) is 15.0 Å². The van der Waals surface area contributed by atoms with Crippen LogP contribution in [-0.2, 0) is 6.18 Å². The summed E-state index contributed by atoms with van der Waals surface area (Å²) in [6.07, 6.45) is 0.418. The first-order valence-electron chi connectivity index (χ1n) is 8.27. The summed E-state index contributed by atoms with van der Waals surface area (Å²) in [6.45, 7) is 0. The molecule has 1 aliphatic heterocycles. The monoisotopic (exact) mass is 413 g/mol. The smallest absolute Gasteiger partial charge is 0.261 e. The molecule has 1 aliphatic rings. The highest BCUT2D eigenvalue weighted by Crippen LogP contribution is 2.51. The lowest BCUT2D eigenvalue weighted by molar-refractivity contribution is -0.137. The van der Waals surface area contributed by atoms with Gasteiger partial charge in [-0.15, -0.1) is 11.3 Å². The quantitative estimate of drug-likeness (QED) is 0.318. The van der Waals surface area contributed by atoms with Crippen molar-refractivity contribution in [1.29, 1.82) is 0 Å². The molecule has 0 saturated carbocycles. The molecule has 0 saturated heterocycles. The Bertz CT molecular complexity index is 1190. The molecule has 8 heteroatoms. The fraction of sp³-hybridized carbons (Fsp3) is 0.0500. The summed E-state index contributed by atoms with van der Waals surface area (Å²) in [5, 5.41) is 0.686. The van der Waals surface area contributed by atoms with Crippen molar-refractivity contribution < 1.29 is 13.2 Å². The molecule has 0 radical (unpaired) electrons. The molecule has 3 nitrogen and oxygen atoms in total. The lowest BCUT2D eigenvalue weighted by atomic mass is 10.0. The molecule has 4 aromatic rings. The Morgan fingerprint density at radius 1 is 0.893 bits per heavy atom. The highest BCUT2D eigenvalue weighted by atomic mass is 32.2. The van der Waals surface area contributed by atoms with E-state index >= 15 is 0 Å². The summed E-state index contributed by atoms with van der Waals surface area (Å²) in [4.78, 5) is 15.5. The number of rotatable bonds is 1. The lowest BCUT2D eigenvalue weighted by Crippen LogP contribution is -2.04. The van der Waals surface area contributed by atoms with E-state index in [1.54, 1.807) is 18.6 Å². The van der Waals surface area contributed by atoms with Gasteiger partial charge in [-0.05, 0) is 18.2 Å². The summed E-state index contributed by atoms with van der Waals surface area (Å²) in [5.41, 5.74) is 2.30. The molecule has 0 unspecified atom stereocenters. The van der Waals surface area contributed by atoms with Gasteiger partial charge in [0.2, 0.25) is 0 Å². The van der Waals surface area contributed by atoms with Crippen LogP contribution >= 0.6 is 23.1 Å². The number of nitrogens with zero attached hydrogens (tertiary/aromatic N) is 3. The fourth-order valence-corrected chi connectivity index (χ4v) is 5.31. The predicted octanol–water partition coefficient (Wildman–Crippen LogP) is 6.42. The molecule has 0 bridgehead atoms. The van der Waals surface area contributed by atoms with Crippen molar-refractivity contribution in [3.05, 3.63) is 66.6 Å². The maximum absolute atomic E-state index is 13.2. The van der Waals surface area contributed by atoms with Crippen LogP contribution in [0.5, 0.6) is 0 Å². The van der Waals surface area contributed by atoms with E-state index in [1.165, 1.54) is 35.2 Å². The van der Waals surface area contributed by atoms with E-state index in [4.69, 9.17) is 4.98 Å². The molecule has 0 amide bonds. The van der Waals surface area contributed by atoms with E-state index in [0.29, 0.717) is 26.9 Å². The highest BCUT2D eigenvalue weighted by Gasteiger charge is 2.33. The largest absolute Gasteiger partial charge is 0.416 e. The number of benzene rings is 2. The molecule has 0 aliphatic carbocycles. The third-order valence-corrected chi connectivity index (χ3v) is 6.57. The molecule has 0 N–H and O–H groups in total. The number of fused-ring (bicyclic) bond motifs is 5. The molecule has 5 rings (SSSR count). The SMILES string of the molecule is FC(F)(F)c1ccc2c(c1)Sc1ccccc1-c1sc(-c3cnccn3)nc1-2. The number of halogens is 3. The van der Waals surface area contributed by atoms with Crippen molar-refractivity contribution in [3.8, 4) is 32.4 Å². The van der Waals surface area contributed by atoms with Crippen LogP contribution in [0.2, 0.25) is 0 Å². The van der Waals surface area contributed by atoms with Crippen LogP contribution in [0.4, 0.5) is 13.2 Å². The molecule has 138 valence electrons. The number of alkyl halides is 3. The van der Waals surface area contributed by atoms with Crippen molar-refractivity contribution in [1.82, 2.24) is 15.0 Å². The van der Waals surface area contributed by atoms with Gasteiger partial charge in [0.15, 0.2) is 0 Å². The van der Waals surface area contributed by atoms with Crippen molar-refractivity contribution in [3.63, 3.8) is 0 Å². The van der Waals surface area contributed by atoms with Crippen molar-refractivity contribution in [2.75, 3.05) is 0 Å². The lowest BCUT2D eigenvalue weighted by Gasteiger charge is -2.11. The average molecular weight is 413 g/mol. The highest BCUT2D eigenvalue weighted by molar-refractivity contribution is 7.99. The third-order valence-electron chi connectivity index (χ3n) is 4.33. The molecule has 0 atom stereocenters. The summed E-state index contributed by atoms with van der Waals surface area (Å²) in [7, 11) is 0. The zero-order valence-electron chi connectivity index (χ0n) is 14.1. The van der Waals surface area contributed by atoms with Crippen molar-refractivity contribution in [2.45, 2.75) is 16.0 Å². The van der Waals surface area contributed by atoms with Crippen LogP contribution in [0, 0.1) is 0 Å². The van der Waals surface area contributed by atoms with Gasteiger partial charge in [-0.1, -0.05) is 36.0 Å². The maximum atomic E-state index is 13.2. The Morgan fingerprint density at radius 3 is 2.54 bits per heavy atom. The number of hydrogen-bond donors (Lipinski definition) is 0. The van der Waals surface area contributed by atoms with Crippen LogP contribution in [0.25, 0.3) is 32.4 Å². The minimum atomic E-state index is -4.39. The third kappa shape index (κ3) is 2.89. The van der Waals surface area contributed by atoms with Gasteiger partial charge < -0.3 is 0 Å². The molecular weight excluding hydrogens is 403 g/mol. The zero-order valence-corrected chi connectivity index (χ0v) is 15.7. The topological polar surface area (TPSA) is 38.7 Å². The molecule has 2 aromatic heterocycles. The maximum Gasteiger partial charge on any atom is 0.416 e. The average Bonchev–Trinajstić information content (AvgIpc) is 3.08. The Kier molecular flexibility index (Phi) is 3.99. The molecule has 0 spiro atoms. The fourth-order valence-electron chi connectivity index (χ4n) is 3.04. The summed E-state index contributed by atoms with van der Waals surface area (Å²) >= 11 is 2.80. The molecule has 3 heterocycles. The van der Waals surface area contributed by atoms with E-state index in [0.717, 1.165) is 21.4 Å². The Morgan fingerprint density at radius 2 is 1.75 bits per heavy atom. The zero-order chi connectivity index (χ0) is 19.3. The van der Waals surface area contributed by atoms with E-state index < -0.39 is 11.7 Å². The Hall–Kier alpha value is -2.71. The second-order valence-corrected chi connectivity index (χ2v) is 8.18. The summed E-state index contributed by atoms with van der Waals surface area (Å²) < 4.78 is 39.7. The standard InChI is InChI=1S/C20H10F3N3S2/c21-20(22,23)11-5-6-12-16(9-11)27-15-4-2-1-3-13(15)18-17(12)26-19(28-18)14-10-24-7-8-25-14/h1-10H. The first kappa shape index (κ1) is 17.4. The van der Waals surface area contributed by atoms with Gasteiger partial charge >= 0.3 is 6.18 Å². The van der Waals surface area contributed by atoms with Crippen molar-refractivity contribution in [2.24, 2.45) is 0 Å². The van der Waals surface area contributed by atoms with E-state index in [-0.39, 0.29) is 0 Å². The van der Waals surface area contributed by atoms with Crippen LogP contribution in [0.3, 0.4) is 0 Å². The molecule has 0 fully saturated rings.